The molecular weight excluding hydrogens is 339 g/mol. The predicted octanol–water partition coefficient (Wildman–Crippen LogP) is 3.01. The Bertz CT molecular complexity index is 873. The van der Waals surface area contributed by atoms with Crippen molar-refractivity contribution < 1.29 is 27.5 Å². The number of hydrogen-bond donors (Lipinski definition) is 1. The zero-order chi connectivity index (χ0) is 18.6. The second-order valence-corrected chi connectivity index (χ2v) is 4.72. The van der Waals surface area contributed by atoms with Gasteiger partial charge in [-0.25, -0.2) is 9.78 Å². The number of benzene rings is 1. The van der Waals surface area contributed by atoms with Crippen LogP contribution < -0.4 is 5.32 Å². The molecule has 1 N–H and O–H groups in total. The maximum Gasteiger partial charge on any atom is 0.419 e. The number of alkyl halides is 3. The van der Waals surface area contributed by atoms with E-state index in [1.807, 2.05) is 0 Å². The predicted molar refractivity (Wildman–Crippen MR) is 79.7 cm³/mol. The monoisotopic (exact) mass is 349 g/mol. The summed E-state index contributed by atoms with van der Waals surface area (Å²) in [6, 6.07) is 7.60. The van der Waals surface area contributed by atoms with E-state index in [4.69, 9.17) is 5.26 Å². The van der Waals surface area contributed by atoms with E-state index in [9.17, 15) is 22.8 Å². The van der Waals surface area contributed by atoms with E-state index in [1.54, 1.807) is 0 Å². The number of carbonyl (C=O) groups excluding carboxylic acids is 2. The van der Waals surface area contributed by atoms with Gasteiger partial charge in [-0.1, -0.05) is 12.1 Å². The van der Waals surface area contributed by atoms with Gasteiger partial charge in [0.05, 0.1) is 35.7 Å². The first-order valence-corrected chi connectivity index (χ1v) is 6.74. The first-order valence-electron chi connectivity index (χ1n) is 6.74. The number of anilines is 1. The van der Waals surface area contributed by atoms with Crippen LogP contribution in [0.2, 0.25) is 0 Å². The van der Waals surface area contributed by atoms with Gasteiger partial charge in [0.2, 0.25) is 0 Å². The standard InChI is InChI=1S/C16H10F3N3O3/c1-25-15(24)11-5-3-2-4-10(11)14(23)22-9-6-12(16(17,18)19)13(7-20)21-8-9/h2-6,8H,1H3,(H,22,23). The molecule has 0 unspecified atom stereocenters. The molecule has 0 fully saturated rings. The summed E-state index contributed by atoms with van der Waals surface area (Å²) in [5.41, 5.74) is -2.46. The molecule has 0 aliphatic rings. The van der Waals surface area contributed by atoms with Crippen LogP contribution >= 0.6 is 0 Å². The second-order valence-electron chi connectivity index (χ2n) is 4.72. The van der Waals surface area contributed by atoms with Crippen LogP contribution in [0.5, 0.6) is 0 Å². The highest BCUT2D eigenvalue weighted by Gasteiger charge is 2.35. The first-order chi connectivity index (χ1) is 11.8. The van der Waals surface area contributed by atoms with Crippen LogP contribution in [-0.2, 0) is 10.9 Å². The summed E-state index contributed by atoms with van der Waals surface area (Å²) in [6.07, 6.45) is -3.88. The average molecular weight is 349 g/mol. The van der Waals surface area contributed by atoms with E-state index < -0.39 is 29.3 Å². The van der Waals surface area contributed by atoms with Gasteiger partial charge in [-0.3, -0.25) is 4.79 Å². The highest BCUT2D eigenvalue weighted by atomic mass is 19.4. The van der Waals surface area contributed by atoms with Crippen LogP contribution in [0, 0.1) is 11.3 Å². The Balaban J connectivity index is 2.37. The maximum atomic E-state index is 12.9. The zero-order valence-corrected chi connectivity index (χ0v) is 12.7. The number of nitrogens with zero attached hydrogens (tertiary/aromatic N) is 2. The molecule has 2 aromatic rings. The van der Waals surface area contributed by atoms with Gasteiger partial charge in [0, 0.05) is 0 Å². The summed E-state index contributed by atoms with van der Waals surface area (Å²) in [5, 5.41) is 10.9. The highest BCUT2D eigenvalue weighted by molar-refractivity contribution is 6.11. The number of carbonyl (C=O) groups is 2. The minimum atomic E-state index is -4.80. The van der Waals surface area contributed by atoms with E-state index in [1.165, 1.54) is 30.3 Å². The molecule has 1 aromatic heterocycles. The van der Waals surface area contributed by atoms with E-state index in [-0.39, 0.29) is 16.8 Å². The molecule has 0 aliphatic heterocycles. The molecule has 1 amide bonds. The minimum absolute atomic E-state index is 0.0415. The molecule has 1 aromatic carbocycles. The Kier molecular flexibility index (Phi) is 5.02. The molecule has 0 saturated heterocycles. The van der Waals surface area contributed by atoms with Crippen LogP contribution in [0.1, 0.15) is 32.0 Å². The van der Waals surface area contributed by atoms with Crippen molar-refractivity contribution in [3.05, 3.63) is 58.9 Å². The van der Waals surface area contributed by atoms with E-state index in [0.717, 1.165) is 13.3 Å². The van der Waals surface area contributed by atoms with Crippen LogP contribution in [0.25, 0.3) is 0 Å². The number of nitriles is 1. The molecule has 0 spiro atoms. The largest absolute Gasteiger partial charge is 0.465 e. The number of ether oxygens (including phenoxy) is 1. The van der Waals surface area contributed by atoms with Gasteiger partial charge >= 0.3 is 12.1 Å². The van der Waals surface area contributed by atoms with Crippen molar-refractivity contribution in [3.8, 4) is 6.07 Å². The lowest BCUT2D eigenvalue weighted by atomic mass is 10.1. The fourth-order valence-electron chi connectivity index (χ4n) is 2.01. The lowest BCUT2D eigenvalue weighted by Crippen LogP contribution is -2.18. The molecule has 0 bridgehead atoms. The number of halogens is 3. The number of pyridine rings is 1. The molecule has 1 heterocycles. The smallest absolute Gasteiger partial charge is 0.419 e. The minimum Gasteiger partial charge on any atom is -0.465 e. The van der Waals surface area contributed by atoms with Crippen molar-refractivity contribution in [2.75, 3.05) is 12.4 Å². The molecule has 0 saturated carbocycles. The van der Waals surface area contributed by atoms with Crippen LogP contribution in [0.4, 0.5) is 18.9 Å². The normalized spacial score (nSPS) is 10.7. The van der Waals surface area contributed by atoms with Crippen LogP contribution in [0.3, 0.4) is 0 Å². The second kappa shape index (κ2) is 7.00. The van der Waals surface area contributed by atoms with E-state index >= 15 is 0 Å². The summed E-state index contributed by atoms with van der Waals surface area (Å²) in [7, 11) is 1.14. The van der Waals surface area contributed by atoms with Crippen molar-refractivity contribution in [1.82, 2.24) is 4.98 Å². The first kappa shape index (κ1) is 17.9. The summed E-state index contributed by atoms with van der Waals surface area (Å²) in [4.78, 5) is 27.3. The fraction of sp³-hybridized carbons (Fsp3) is 0.125. The number of nitrogens with one attached hydrogen (secondary N) is 1. The Morgan fingerprint density at radius 3 is 2.44 bits per heavy atom. The zero-order valence-electron chi connectivity index (χ0n) is 12.7. The molecule has 0 atom stereocenters. The molecule has 128 valence electrons. The topological polar surface area (TPSA) is 92.1 Å². The average Bonchev–Trinajstić information content (AvgIpc) is 2.60. The number of methoxy groups -OCH3 is 1. The molecule has 9 heteroatoms. The number of amides is 1. The molecule has 6 nitrogen and oxygen atoms in total. The Morgan fingerprint density at radius 1 is 1.24 bits per heavy atom. The molecule has 25 heavy (non-hydrogen) atoms. The Morgan fingerprint density at radius 2 is 1.88 bits per heavy atom. The maximum absolute atomic E-state index is 12.9. The third-order valence-electron chi connectivity index (χ3n) is 3.13. The summed E-state index contributed by atoms with van der Waals surface area (Å²) >= 11 is 0. The Labute approximate surface area is 139 Å². The van der Waals surface area contributed by atoms with Gasteiger partial charge in [-0.2, -0.15) is 18.4 Å². The lowest BCUT2D eigenvalue weighted by Gasteiger charge is -2.12. The van der Waals surface area contributed by atoms with Gasteiger partial charge in [0.25, 0.3) is 5.91 Å². The molecule has 0 aliphatic carbocycles. The highest BCUT2D eigenvalue weighted by Crippen LogP contribution is 2.32. The number of hydrogen-bond acceptors (Lipinski definition) is 5. The Hall–Kier alpha value is -3.41. The van der Waals surface area contributed by atoms with Crippen molar-refractivity contribution in [2.45, 2.75) is 6.18 Å². The van der Waals surface area contributed by atoms with Gasteiger partial charge < -0.3 is 10.1 Å². The van der Waals surface area contributed by atoms with Gasteiger partial charge in [-0.15, -0.1) is 0 Å². The fourth-order valence-corrected chi connectivity index (χ4v) is 2.01. The van der Waals surface area contributed by atoms with Gasteiger partial charge in [0.1, 0.15) is 6.07 Å². The van der Waals surface area contributed by atoms with E-state index in [2.05, 4.69) is 15.0 Å². The van der Waals surface area contributed by atoms with Crippen molar-refractivity contribution in [1.29, 1.82) is 5.26 Å². The number of rotatable bonds is 3. The summed E-state index contributed by atoms with van der Waals surface area (Å²) < 4.78 is 43.3. The van der Waals surface area contributed by atoms with Crippen LogP contribution in [0.15, 0.2) is 36.5 Å². The quantitative estimate of drug-likeness (QED) is 0.860. The van der Waals surface area contributed by atoms with Crippen molar-refractivity contribution in [2.24, 2.45) is 0 Å². The van der Waals surface area contributed by atoms with Crippen molar-refractivity contribution >= 4 is 17.6 Å². The third kappa shape index (κ3) is 3.92. The third-order valence-corrected chi connectivity index (χ3v) is 3.13. The van der Waals surface area contributed by atoms with Crippen LogP contribution in [-0.4, -0.2) is 24.0 Å². The number of esters is 1. The lowest BCUT2D eigenvalue weighted by molar-refractivity contribution is -0.138. The van der Waals surface area contributed by atoms with Gasteiger partial charge in [-0.05, 0) is 18.2 Å². The summed E-state index contributed by atoms with van der Waals surface area (Å²) in [6.45, 7) is 0. The summed E-state index contributed by atoms with van der Waals surface area (Å²) in [5.74, 6) is -1.58. The van der Waals surface area contributed by atoms with Gasteiger partial charge in [0.15, 0.2) is 5.69 Å². The molecular formula is C16H10F3N3O3. The SMILES string of the molecule is COC(=O)c1ccccc1C(=O)Nc1cnc(C#N)c(C(F)(F)F)c1. The van der Waals surface area contributed by atoms with Crippen molar-refractivity contribution in [3.63, 3.8) is 0 Å². The van der Waals surface area contributed by atoms with E-state index in [0.29, 0.717) is 6.07 Å². The number of aromatic nitrogens is 1. The molecule has 2 rings (SSSR count). The molecule has 0 radical (unpaired) electrons.